The van der Waals surface area contributed by atoms with E-state index in [4.69, 9.17) is 4.74 Å². The largest absolute Gasteiger partial charge is 0.497 e. The third-order valence-corrected chi connectivity index (χ3v) is 3.73. The highest BCUT2D eigenvalue weighted by Gasteiger charge is 2.05. The van der Waals surface area contributed by atoms with Crippen LogP contribution in [-0.4, -0.2) is 38.6 Å². The number of amides is 1. The minimum atomic E-state index is -0.264. The fraction of sp³-hybridized carbons (Fsp3) is 0.300. The van der Waals surface area contributed by atoms with Crippen molar-refractivity contribution in [2.45, 2.75) is 13.5 Å². The van der Waals surface area contributed by atoms with E-state index in [-0.39, 0.29) is 35.7 Å². The van der Waals surface area contributed by atoms with Crippen molar-refractivity contribution in [1.29, 1.82) is 0 Å². The maximum absolute atomic E-state index is 12.9. The van der Waals surface area contributed by atoms with Crippen LogP contribution < -0.4 is 20.7 Å². The number of hydrogen-bond acceptors (Lipinski definition) is 3. The van der Waals surface area contributed by atoms with Crippen molar-refractivity contribution in [3.63, 3.8) is 0 Å². The van der Waals surface area contributed by atoms with E-state index < -0.39 is 0 Å². The summed E-state index contributed by atoms with van der Waals surface area (Å²) in [5.74, 6) is 0.939. The summed E-state index contributed by atoms with van der Waals surface area (Å²) in [7, 11) is 1.58. The molecule has 8 heteroatoms. The van der Waals surface area contributed by atoms with E-state index >= 15 is 0 Å². The number of nitrogens with zero attached hydrogens (tertiary/aromatic N) is 1. The quantitative estimate of drug-likeness (QED) is 0.226. The molecular weight excluding hydrogens is 474 g/mol. The van der Waals surface area contributed by atoms with Crippen molar-refractivity contribution >= 4 is 35.8 Å². The summed E-state index contributed by atoms with van der Waals surface area (Å²) >= 11 is 0. The molecule has 0 aromatic heterocycles. The second kappa shape index (κ2) is 12.9. The topological polar surface area (TPSA) is 74.8 Å². The van der Waals surface area contributed by atoms with Gasteiger partial charge in [0.2, 0.25) is 0 Å². The Labute approximate surface area is 182 Å². The Morgan fingerprint density at radius 2 is 1.64 bits per heavy atom. The number of carbonyl (C=O) groups excluding carboxylic acids is 1. The Bertz CT molecular complexity index is 752. The summed E-state index contributed by atoms with van der Waals surface area (Å²) in [6.07, 6.45) is 0. The maximum atomic E-state index is 12.9. The first-order valence-electron chi connectivity index (χ1n) is 8.81. The monoisotopic (exact) mass is 500 g/mol. The average Bonchev–Trinajstić information content (AvgIpc) is 2.70. The van der Waals surface area contributed by atoms with Crippen LogP contribution in [0.3, 0.4) is 0 Å². The molecule has 2 rings (SSSR count). The lowest BCUT2D eigenvalue weighted by Crippen LogP contribution is -2.41. The first-order valence-corrected chi connectivity index (χ1v) is 8.81. The molecule has 0 heterocycles. The molecule has 152 valence electrons. The van der Waals surface area contributed by atoms with Gasteiger partial charge in [-0.1, -0.05) is 12.1 Å². The number of aliphatic imine (C=N–C) groups is 1. The predicted octanol–water partition coefficient (Wildman–Crippen LogP) is 2.94. The summed E-state index contributed by atoms with van der Waals surface area (Å²) in [6, 6.07) is 13.2. The molecule has 3 N–H and O–H groups in total. The first kappa shape index (κ1) is 23.7. The molecule has 0 saturated heterocycles. The molecule has 0 atom stereocenters. The van der Waals surface area contributed by atoms with Crippen LogP contribution in [0.4, 0.5) is 4.39 Å². The van der Waals surface area contributed by atoms with Gasteiger partial charge in [0.15, 0.2) is 5.96 Å². The molecule has 0 fully saturated rings. The summed E-state index contributed by atoms with van der Waals surface area (Å²) < 4.78 is 18.0. The molecule has 0 spiro atoms. The van der Waals surface area contributed by atoms with E-state index in [1.165, 1.54) is 12.1 Å². The van der Waals surface area contributed by atoms with Crippen LogP contribution >= 0.6 is 24.0 Å². The fourth-order valence-corrected chi connectivity index (χ4v) is 2.30. The van der Waals surface area contributed by atoms with E-state index in [1.54, 1.807) is 43.5 Å². The van der Waals surface area contributed by atoms with Crippen LogP contribution in [0.15, 0.2) is 53.5 Å². The second-order valence-electron chi connectivity index (χ2n) is 5.73. The smallest absolute Gasteiger partial charge is 0.251 e. The Morgan fingerprint density at radius 3 is 2.25 bits per heavy atom. The van der Waals surface area contributed by atoms with Crippen molar-refractivity contribution in [3.05, 3.63) is 65.5 Å². The van der Waals surface area contributed by atoms with Crippen LogP contribution in [0.25, 0.3) is 0 Å². The molecule has 0 bridgehead atoms. The van der Waals surface area contributed by atoms with Gasteiger partial charge in [0.1, 0.15) is 11.6 Å². The van der Waals surface area contributed by atoms with Gasteiger partial charge in [0.05, 0.1) is 13.7 Å². The third kappa shape index (κ3) is 8.12. The van der Waals surface area contributed by atoms with Crippen LogP contribution in [0.1, 0.15) is 22.8 Å². The highest BCUT2D eigenvalue weighted by atomic mass is 127. The lowest BCUT2D eigenvalue weighted by molar-refractivity contribution is 0.0954. The highest BCUT2D eigenvalue weighted by molar-refractivity contribution is 14.0. The van der Waals surface area contributed by atoms with Crippen LogP contribution in [-0.2, 0) is 6.54 Å². The van der Waals surface area contributed by atoms with Crippen LogP contribution in [0.5, 0.6) is 5.75 Å². The maximum Gasteiger partial charge on any atom is 0.251 e. The van der Waals surface area contributed by atoms with E-state index in [1.807, 2.05) is 6.92 Å². The van der Waals surface area contributed by atoms with Crippen molar-refractivity contribution < 1.29 is 13.9 Å². The SMILES string of the molecule is CCNC(=NCc1ccc(F)cc1)NCCNC(=O)c1ccc(OC)cc1.I. The van der Waals surface area contributed by atoms with Gasteiger partial charge in [-0.3, -0.25) is 4.79 Å². The number of carbonyl (C=O) groups is 1. The number of halogens is 2. The van der Waals surface area contributed by atoms with Gasteiger partial charge >= 0.3 is 0 Å². The van der Waals surface area contributed by atoms with Crippen LogP contribution in [0.2, 0.25) is 0 Å². The van der Waals surface area contributed by atoms with Gasteiger partial charge in [-0.05, 0) is 48.9 Å². The molecule has 0 aliphatic heterocycles. The number of hydrogen-bond donors (Lipinski definition) is 3. The zero-order chi connectivity index (χ0) is 19.5. The summed E-state index contributed by atoms with van der Waals surface area (Å²) in [6.45, 7) is 4.10. The van der Waals surface area contributed by atoms with Gasteiger partial charge in [-0.15, -0.1) is 24.0 Å². The fourth-order valence-electron chi connectivity index (χ4n) is 2.30. The second-order valence-corrected chi connectivity index (χ2v) is 5.73. The summed E-state index contributed by atoms with van der Waals surface area (Å²) in [5.41, 5.74) is 1.49. The summed E-state index contributed by atoms with van der Waals surface area (Å²) in [4.78, 5) is 16.5. The average molecular weight is 500 g/mol. The number of ether oxygens (including phenoxy) is 1. The number of guanidine groups is 1. The van der Waals surface area contributed by atoms with Crippen molar-refractivity contribution in [2.75, 3.05) is 26.7 Å². The Kier molecular flexibility index (Phi) is 10.9. The predicted molar refractivity (Wildman–Crippen MR) is 120 cm³/mol. The molecule has 0 saturated carbocycles. The number of benzene rings is 2. The lowest BCUT2D eigenvalue weighted by atomic mass is 10.2. The van der Waals surface area contributed by atoms with E-state index in [0.717, 1.165) is 5.56 Å². The molecule has 0 radical (unpaired) electrons. The molecule has 2 aromatic rings. The number of nitrogens with one attached hydrogen (secondary N) is 3. The van der Waals surface area contributed by atoms with Gasteiger partial charge in [0.25, 0.3) is 5.91 Å². The Morgan fingerprint density at radius 1 is 1.00 bits per heavy atom. The Balaban J connectivity index is 0.00000392. The molecule has 2 aromatic carbocycles. The van der Waals surface area contributed by atoms with Gasteiger partial charge in [-0.25, -0.2) is 9.38 Å². The van der Waals surface area contributed by atoms with Crippen molar-refractivity contribution in [2.24, 2.45) is 4.99 Å². The van der Waals surface area contributed by atoms with Crippen LogP contribution in [0, 0.1) is 5.82 Å². The third-order valence-electron chi connectivity index (χ3n) is 3.73. The minimum absolute atomic E-state index is 0. The number of methoxy groups -OCH3 is 1. The summed E-state index contributed by atoms with van der Waals surface area (Å²) in [5, 5.41) is 9.14. The lowest BCUT2D eigenvalue weighted by Gasteiger charge is -2.12. The van der Waals surface area contributed by atoms with Crippen molar-refractivity contribution in [1.82, 2.24) is 16.0 Å². The minimum Gasteiger partial charge on any atom is -0.497 e. The van der Waals surface area contributed by atoms with Gasteiger partial charge < -0.3 is 20.7 Å². The highest BCUT2D eigenvalue weighted by Crippen LogP contribution is 2.10. The molecule has 0 unspecified atom stereocenters. The molecule has 0 aliphatic carbocycles. The first-order chi connectivity index (χ1) is 13.1. The zero-order valence-corrected chi connectivity index (χ0v) is 18.3. The molecular formula is C20H26FIN4O2. The Hall–Kier alpha value is -2.36. The standard InChI is InChI=1S/C20H25FN4O2.HI/c1-3-22-20(25-14-15-4-8-17(21)9-5-15)24-13-12-23-19(26)16-6-10-18(27-2)11-7-16;/h4-11H,3,12-14H2,1-2H3,(H,23,26)(H2,22,24,25);1H. The normalized spacial score (nSPS) is 10.6. The van der Waals surface area contributed by atoms with Gasteiger partial charge in [0, 0.05) is 25.2 Å². The van der Waals surface area contributed by atoms with E-state index in [0.29, 0.717) is 43.5 Å². The zero-order valence-electron chi connectivity index (χ0n) is 16.0. The van der Waals surface area contributed by atoms with Gasteiger partial charge in [-0.2, -0.15) is 0 Å². The van der Waals surface area contributed by atoms with E-state index in [9.17, 15) is 9.18 Å². The molecule has 1 amide bonds. The molecule has 0 aliphatic rings. The van der Waals surface area contributed by atoms with E-state index in [2.05, 4.69) is 20.9 Å². The van der Waals surface area contributed by atoms with Crippen molar-refractivity contribution in [3.8, 4) is 5.75 Å². The molecule has 6 nitrogen and oxygen atoms in total. The molecule has 28 heavy (non-hydrogen) atoms. The number of rotatable bonds is 8.